The van der Waals surface area contributed by atoms with Gasteiger partial charge in [-0.1, -0.05) is 12.1 Å². The Morgan fingerprint density at radius 1 is 1.10 bits per heavy atom. The zero-order valence-electron chi connectivity index (χ0n) is 17.3. The minimum Gasteiger partial charge on any atom is -0.490 e. The Kier molecular flexibility index (Phi) is 13.7. The Balaban J connectivity index is 0.00000261. The van der Waals surface area contributed by atoms with Gasteiger partial charge in [-0.2, -0.15) is 0 Å². The number of ether oxygens (including phenoxy) is 1. The topological polar surface area (TPSA) is 48.1 Å². The summed E-state index contributed by atoms with van der Waals surface area (Å²) in [6.45, 7) is 6.28. The van der Waals surface area contributed by atoms with Crippen molar-refractivity contribution in [2.45, 2.75) is 12.8 Å². The number of halogens is 3. The van der Waals surface area contributed by atoms with E-state index in [0.29, 0.717) is 13.2 Å². The summed E-state index contributed by atoms with van der Waals surface area (Å²) in [6.07, 6.45) is 2.63. The van der Waals surface area contributed by atoms with Gasteiger partial charge in [0, 0.05) is 32.7 Å². The lowest BCUT2D eigenvalue weighted by atomic mass is 10.2. The molecule has 1 aliphatic carbocycles. The van der Waals surface area contributed by atoms with Gasteiger partial charge in [-0.05, 0) is 51.5 Å². The zero-order chi connectivity index (χ0) is 18.4. The number of anilines is 1. The number of carbonyl (C=O) groups excluding carboxylic acids is 1. The van der Waals surface area contributed by atoms with E-state index in [0.717, 1.165) is 56.6 Å². The van der Waals surface area contributed by atoms with Crippen molar-refractivity contribution in [2.24, 2.45) is 5.92 Å². The first-order chi connectivity index (χ1) is 12.6. The average molecular weight is 470 g/mol. The SMILES string of the molecule is CN(C)CCOc1ccccc1N1CCN(C(=O)CNCC2CC2)CC1.Cl.Cl.Cl. The lowest BCUT2D eigenvalue weighted by Crippen LogP contribution is -2.51. The summed E-state index contributed by atoms with van der Waals surface area (Å²) >= 11 is 0. The van der Waals surface area contributed by atoms with Crippen molar-refractivity contribution < 1.29 is 9.53 Å². The van der Waals surface area contributed by atoms with Crippen molar-refractivity contribution in [3.63, 3.8) is 0 Å². The van der Waals surface area contributed by atoms with Gasteiger partial charge in [0.1, 0.15) is 12.4 Å². The molecule has 6 nitrogen and oxygen atoms in total. The van der Waals surface area contributed by atoms with Gasteiger partial charge >= 0.3 is 0 Å². The molecule has 1 aromatic rings. The number of carbonyl (C=O) groups is 1. The largest absolute Gasteiger partial charge is 0.490 e. The van der Waals surface area contributed by atoms with Gasteiger partial charge in [0.15, 0.2) is 0 Å². The van der Waals surface area contributed by atoms with Crippen LogP contribution in [-0.2, 0) is 4.79 Å². The Hall–Kier alpha value is -0.920. The fourth-order valence-electron chi connectivity index (χ4n) is 3.19. The zero-order valence-corrected chi connectivity index (χ0v) is 19.8. The monoisotopic (exact) mass is 468 g/mol. The number of rotatable bonds is 9. The third-order valence-corrected chi connectivity index (χ3v) is 5.04. The average Bonchev–Trinajstić information content (AvgIpc) is 3.46. The van der Waals surface area contributed by atoms with E-state index in [4.69, 9.17) is 4.74 Å². The third-order valence-electron chi connectivity index (χ3n) is 5.04. The second kappa shape index (κ2) is 14.1. The standard InChI is InChI=1S/C20H32N4O2.3ClH/c1-22(2)13-14-26-19-6-4-3-5-18(19)23-9-11-24(12-10-23)20(25)16-21-15-17-7-8-17;;;/h3-6,17,21H,7-16H2,1-2H3;3*1H. The minimum atomic E-state index is 0. The van der Waals surface area contributed by atoms with Gasteiger partial charge in [-0.15, -0.1) is 37.2 Å². The Morgan fingerprint density at radius 2 is 1.76 bits per heavy atom. The lowest BCUT2D eigenvalue weighted by molar-refractivity contribution is -0.130. The second-order valence-corrected chi connectivity index (χ2v) is 7.56. The van der Waals surface area contributed by atoms with Crippen LogP contribution < -0.4 is 15.0 Å². The molecule has 1 heterocycles. The third kappa shape index (κ3) is 9.18. The van der Waals surface area contributed by atoms with E-state index in [-0.39, 0.29) is 43.1 Å². The highest BCUT2D eigenvalue weighted by atomic mass is 35.5. The first kappa shape index (κ1) is 28.1. The predicted molar refractivity (Wildman–Crippen MR) is 127 cm³/mol. The quantitative estimate of drug-likeness (QED) is 0.602. The molecule has 9 heteroatoms. The molecule has 2 aliphatic rings. The molecule has 1 aliphatic heterocycles. The minimum absolute atomic E-state index is 0. The van der Waals surface area contributed by atoms with Crippen LogP contribution in [0.1, 0.15) is 12.8 Å². The van der Waals surface area contributed by atoms with E-state index in [9.17, 15) is 4.79 Å². The fourth-order valence-corrected chi connectivity index (χ4v) is 3.19. The van der Waals surface area contributed by atoms with Gasteiger partial charge < -0.3 is 24.8 Å². The summed E-state index contributed by atoms with van der Waals surface area (Å²) in [6, 6.07) is 8.21. The van der Waals surface area contributed by atoms with Gasteiger partial charge in [0.2, 0.25) is 5.91 Å². The summed E-state index contributed by atoms with van der Waals surface area (Å²) in [5.74, 6) is 1.96. The first-order valence-corrected chi connectivity index (χ1v) is 9.73. The van der Waals surface area contributed by atoms with Gasteiger partial charge in [-0.25, -0.2) is 0 Å². The van der Waals surface area contributed by atoms with Crippen LogP contribution in [0.3, 0.4) is 0 Å². The van der Waals surface area contributed by atoms with Crippen molar-refractivity contribution in [3.05, 3.63) is 24.3 Å². The predicted octanol–water partition coefficient (Wildman–Crippen LogP) is 2.54. The van der Waals surface area contributed by atoms with Crippen molar-refractivity contribution in [1.82, 2.24) is 15.1 Å². The van der Waals surface area contributed by atoms with Crippen LogP contribution in [0.2, 0.25) is 0 Å². The number of nitrogens with one attached hydrogen (secondary N) is 1. The number of nitrogens with zero attached hydrogens (tertiary/aromatic N) is 3. The molecule has 29 heavy (non-hydrogen) atoms. The maximum absolute atomic E-state index is 12.3. The summed E-state index contributed by atoms with van der Waals surface area (Å²) in [5, 5.41) is 3.30. The number of hydrogen-bond acceptors (Lipinski definition) is 5. The highest BCUT2D eigenvalue weighted by Gasteiger charge is 2.24. The van der Waals surface area contributed by atoms with Crippen molar-refractivity contribution >= 4 is 48.8 Å². The molecule has 168 valence electrons. The Labute approximate surface area is 193 Å². The van der Waals surface area contributed by atoms with Crippen LogP contribution in [0.4, 0.5) is 5.69 Å². The highest BCUT2D eigenvalue weighted by Crippen LogP contribution is 2.29. The molecule has 1 saturated carbocycles. The van der Waals surface area contributed by atoms with Gasteiger partial charge in [0.25, 0.3) is 0 Å². The molecular weight excluding hydrogens is 435 g/mol. The van der Waals surface area contributed by atoms with Crippen molar-refractivity contribution in [2.75, 3.05) is 71.4 Å². The Morgan fingerprint density at radius 3 is 2.38 bits per heavy atom. The van der Waals surface area contributed by atoms with E-state index in [1.165, 1.54) is 12.8 Å². The summed E-state index contributed by atoms with van der Waals surface area (Å²) in [7, 11) is 4.09. The molecule has 1 N–H and O–H groups in total. The number of para-hydroxylation sites is 2. The summed E-state index contributed by atoms with van der Waals surface area (Å²) < 4.78 is 5.98. The number of piperazine rings is 1. The molecule has 0 unspecified atom stereocenters. The highest BCUT2D eigenvalue weighted by molar-refractivity contribution is 5.86. The molecule has 2 fully saturated rings. The molecule has 0 aromatic heterocycles. The maximum atomic E-state index is 12.3. The van der Waals surface area contributed by atoms with E-state index < -0.39 is 0 Å². The summed E-state index contributed by atoms with van der Waals surface area (Å²) in [4.78, 5) is 18.8. The molecule has 1 saturated heterocycles. The van der Waals surface area contributed by atoms with Gasteiger partial charge in [0.05, 0.1) is 12.2 Å². The van der Waals surface area contributed by atoms with Gasteiger partial charge in [-0.3, -0.25) is 4.79 Å². The molecular formula is C20H35Cl3N4O2. The van der Waals surface area contributed by atoms with Crippen molar-refractivity contribution in [1.29, 1.82) is 0 Å². The normalized spacial score (nSPS) is 15.8. The molecule has 1 amide bonds. The van der Waals surface area contributed by atoms with Crippen LogP contribution in [0, 0.1) is 5.92 Å². The number of likely N-dealkylation sites (N-methyl/N-ethyl adjacent to an activating group) is 1. The van der Waals surface area contributed by atoms with Crippen LogP contribution in [-0.4, -0.2) is 82.2 Å². The lowest BCUT2D eigenvalue weighted by Gasteiger charge is -2.36. The van der Waals surface area contributed by atoms with Crippen LogP contribution in [0.15, 0.2) is 24.3 Å². The van der Waals surface area contributed by atoms with E-state index in [2.05, 4.69) is 21.2 Å². The Bertz CT molecular complexity index is 595. The van der Waals surface area contributed by atoms with Crippen LogP contribution in [0.5, 0.6) is 5.75 Å². The molecule has 0 atom stereocenters. The fraction of sp³-hybridized carbons (Fsp3) is 0.650. The van der Waals surface area contributed by atoms with Crippen LogP contribution in [0.25, 0.3) is 0 Å². The van der Waals surface area contributed by atoms with E-state index >= 15 is 0 Å². The molecule has 1 aromatic carbocycles. The maximum Gasteiger partial charge on any atom is 0.236 e. The molecule has 0 radical (unpaired) electrons. The number of amides is 1. The molecule has 0 bridgehead atoms. The van der Waals surface area contributed by atoms with E-state index in [1.807, 2.05) is 37.2 Å². The number of hydrogen-bond donors (Lipinski definition) is 1. The first-order valence-electron chi connectivity index (χ1n) is 9.73. The molecule has 3 rings (SSSR count). The summed E-state index contributed by atoms with van der Waals surface area (Å²) in [5.41, 5.74) is 1.13. The molecule has 0 spiro atoms. The smallest absolute Gasteiger partial charge is 0.236 e. The second-order valence-electron chi connectivity index (χ2n) is 7.56. The van der Waals surface area contributed by atoms with E-state index in [1.54, 1.807) is 0 Å². The van der Waals surface area contributed by atoms with Crippen LogP contribution >= 0.6 is 37.2 Å². The van der Waals surface area contributed by atoms with Crippen molar-refractivity contribution in [3.8, 4) is 5.75 Å². The number of benzene rings is 1.